The Bertz CT molecular complexity index is 1220. The van der Waals surface area contributed by atoms with Crippen molar-refractivity contribution in [1.82, 2.24) is 19.9 Å². The van der Waals surface area contributed by atoms with E-state index in [1.165, 1.54) is 0 Å². The lowest BCUT2D eigenvalue weighted by Crippen LogP contribution is -2.59. The SMILES string of the molecule is C[Si](C)(C)C#Cc1ccc2c(-c3csc(C(=O)NC4C(N)CCCC4(F)F)n3)cnn2c1. The molecule has 0 saturated heterocycles. The number of thiazole rings is 1. The fourth-order valence-corrected chi connectivity index (χ4v) is 4.88. The van der Waals surface area contributed by atoms with Crippen LogP contribution in [0, 0.1) is 11.5 Å². The van der Waals surface area contributed by atoms with Gasteiger partial charge in [0.2, 0.25) is 0 Å². The van der Waals surface area contributed by atoms with Crippen LogP contribution >= 0.6 is 11.3 Å². The summed E-state index contributed by atoms with van der Waals surface area (Å²) in [5, 5.41) is 8.63. The number of nitrogens with zero attached hydrogens (tertiary/aromatic N) is 3. The first-order valence-corrected chi connectivity index (χ1v) is 14.8. The molecule has 3 aromatic rings. The first kappa shape index (κ1) is 22.6. The van der Waals surface area contributed by atoms with Gasteiger partial charge in [0.15, 0.2) is 5.01 Å². The third-order valence-electron chi connectivity index (χ3n) is 5.29. The largest absolute Gasteiger partial charge is 0.340 e. The Morgan fingerprint density at radius 1 is 1.38 bits per heavy atom. The molecule has 1 amide bonds. The second-order valence-electron chi connectivity index (χ2n) is 9.11. The van der Waals surface area contributed by atoms with E-state index < -0.39 is 32.0 Å². The maximum Gasteiger partial charge on any atom is 0.280 e. The number of pyridine rings is 1. The Kier molecular flexibility index (Phi) is 5.92. The summed E-state index contributed by atoms with van der Waals surface area (Å²) in [5.41, 5.74) is 12.2. The molecule has 6 nitrogen and oxygen atoms in total. The predicted molar refractivity (Wildman–Crippen MR) is 125 cm³/mol. The summed E-state index contributed by atoms with van der Waals surface area (Å²) in [6.07, 6.45) is 4.06. The van der Waals surface area contributed by atoms with Gasteiger partial charge in [0.05, 0.1) is 17.4 Å². The van der Waals surface area contributed by atoms with Gasteiger partial charge in [-0.2, -0.15) is 5.10 Å². The third kappa shape index (κ3) is 4.75. The molecule has 0 aliphatic heterocycles. The van der Waals surface area contributed by atoms with Crippen molar-refractivity contribution in [3.63, 3.8) is 0 Å². The van der Waals surface area contributed by atoms with Crippen molar-refractivity contribution in [1.29, 1.82) is 0 Å². The van der Waals surface area contributed by atoms with Gasteiger partial charge in [-0.15, -0.1) is 16.9 Å². The lowest BCUT2D eigenvalue weighted by molar-refractivity contribution is -0.0674. The van der Waals surface area contributed by atoms with Crippen LogP contribution in [0.15, 0.2) is 29.9 Å². The molecule has 1 aliphatic carbocycles. The van der Waals surface area contributed by atoms with Gasteiger partial charge in [-0.25, -0.2) is 18.3 Å². The van der Waals surface area contributed by atoms with Crippen LogP contribution in [0.1, 0.15) is 34.6 Å². The van der Waals surface area contributed by atoms with Crippen molar-refractivity contribution in [2.75, 3.05) is 0 Å². The second kappa shape index (κ2) is 8.39. The average molecular weight is 474 g/mol. The molecule has 4 rings (SSSR count). The molecule has 3 N–H and O–H groups in total. The number of carbonyl (C=O) groups is 1. The molecule has 2 unspecified atom stereocenters. The minimum atomic E-state index is -3.02. The second-order valence-corrected chi connectivity index (χ2v) is 14.7. The van der Waals surface area contributed by atoms with Crippen molar-refractivity contribution in [3.05, 3.63) is 40.5 Å². The van der Waals surface area contributed by atoms with Crippen LogP contribution in [0.25, 0.3) is 16.8 Å². The average Bonchev–Trinajstić information content (AvgIpc) is 3.35. The van der Waals surface area contributed by atoms with Crippen molar-refractivity contribution in [3.8, 4) is 22.7 Å². The van der Waals surface area contributed by atoms with Crippen molar-refractivity contribution >= 4 is 30.8 Å². The minimum absolute atomic E-state index is 0.116. The molecule has 0 bridgehead atoms. The number of aromatic nitrogens is 3. The molecule has 1 aliphatic rings. The fourth-order valence-electron chi connectivity index (χ4n) is 3.64. The third-order valence-corrected chi connectivity index (χ3v) is 7.01. The van der Waals surface area contributed by atoms with Gasteiger partial charge in [-0.05, 0) is 25.0 Å². The Labute approximate surface area is 190 Å². The van der Waals surface area contributed by atoms with Crippen LogP contribution in [-0.2, 0) is 0 Å². The van der Waals surface area contributed by atoms with Gasteiger partial charge in [0.25, 0.3) is 11.8 Å². The van der Waals surface area contributed by atoms with E-state index in [2.05, 4.69) is 46.5 Å². The summed E-state index contributed by atoms with van der Waals surface area (Å²) < 4.78 is 30.2. The number of nitrogens with two attached hydrogens (primary N) is 1. The molecule has 3 heterocycles. The van der Waals surface area contributed by atoms with Gasteiger partial charge in [0, 0.05) is 35.2 Å². The van der Waals surface area contributed by atoms with Gasteiger partial charge in [-0.3, -0.25) is 4.79 Å². The van der Waals surface area contributed by atoms with Crippen LogP contribution < -0.4 is 11.1 Å². The highest BCUT2D eigenvalue weighted by Gasteiger charge is 2.46. The highest BCUT2D eigenvalue weighted by Crippen LogP contribution is 2.33. The van der Waals surface area contributed by atoms with Crippen molar-refractivity contribution < 1.29 is 13.6 Å². The predicted octanol–water partition coefficient (Wildman–Crippen LogP) is 3.93. The summed E-state index contributed by atoms with van der Waals surface area (Å²) in [5.74, 6) is -0.451. The lowest BCUT2D eigenvalue weighted by atomic mass is 9.87. The summed E-state index contributed by atoms with van der Waals surface area (Å²) in [7, 11) is -1.48. The van der Waals surface area contributed by atoms with Crippen molar-refractivity contribution in [2.24, 2.45) is 5.73 Å². The lowest BCUT2D eigenvalue weighted by Gasteiger charge is -2.36. The number of hydrogen-bond acceptors (Lipinski definition) is 5. The first-order chi connectivity index (χ1) is 15.0. The monoisotopic (exact) mass is 473 g/mol. The normalized spacial score (nSPS) is 20.6. The molecule has 3 aromatic heterocycles. The highest BCUT2D eigenvalue weighted by atomic mass is 32.1. The number of carbonyl (C=O) groups excluding carboxylic acids is 1. The summed E-state index contributed by atoms with van der Waals surface area (Å²) >= 11 is 1.10. The van der Waals surface area contributed by atoms with Crippen LogP contribution in [0.2, 0.25) is 19.6 Å². The van der Waals surface area contributed by atoms with E-state index in [-0.39, 0.29) is 11.4 Å². The Balaban J connectivity index is 1.55. The summed E-state index contributed by atoms with van der Waals surface area (Å²) in [4.78, 5) is 17.0. The van der Waals surface area contributed by atoms with Gasteiger partial charge in [-0.1, -0.05) is 25.6 Å². The molecule has 0 aromatic carbocycles. The highest BCUT2D eigenvalue weighted by molar-refractivity contribution is 7.12. The number of amides is 1. The Morgan fingerprint density at radius 2 is 2.16 bits per heavy atom. The molecule has 0 radical (unpaired) electrons. The van der Waals surface area contributed by atoms with Gasteiger partial charge < -0.3 is 11.1 Å². The quantitative estimate of drug-likeness (QED) is 0.446. The Morgan fingerprint density at radius 3 is 2.88 bits per heavy atom. The molecule has 2 atom stereocenters. The molecule has 168 valence electrons. The molecule has 0 spiro atoms. The van der Waals surface area contributed by atoms with Crippen LogP contribution in [0.5, 0.6) is 0 Å². The zero-order chi connectivity index (χ0) is 23.1. The minimum Gasteiger partial charge on any atom is -0.340 e. The number of hydrogen-bond donors (Lipinski definition) is 2. The van der Waals surface area contributed by atoms with Gasteiger partial charge >= 0.3 is 0 Å². The molecule has 32 heavy (non-hydrogen) atoms. The first-order valence-electron chi connectivity index (χ1n) is 10.4. The number of nitrogens with one attached hydrogen (secondary N) is 1. The van der Waals surface area contributed by atoms with E-state index >= 15 is 0 Å². The molecule has 1 fully saturated rings. The Hall–Kier alpha value is -2.61. The van der Waals surface area contributed by atoms with Crippen LogP contribution in [0.4, 0.5) is 8.78 Å². The van der Waals surface area contributed by atoms with E-state index in [9.17, 15) is 13.6 Å². The van der Waals surface area contributed by atoms with E-state index in [4.69, 9.17) is 5.73 Å². The fraction of sp³-hybridized carbons (Fsp3) is 0.409. The van der Waals surface area contributed by atoms with Gasteiger partial charge in [0.1, 0.15) is 14.1 Å². The zero-order valence-electron chi connectivity index (χ0n) is 18.2. The van der Waals surface area contributed by atoms with E-state index in [1.807, 2.05) is 18.3 Å². The number of halogens is 2. The topological polar surface area (TPSA) is 85.3 Å². The standard InChI is InChI=1S/C22H25F2N5OSSi/c1-32(2,3)10-8-14-6-7-18-15(11-26-29(18)12-14)17-13-31-21(27-17)20(30)28-19-16(25)5-4-9-22(19,23)24/h6-7,11-13,16,19H,4-5,9,25H2,1-3H3,(H,28,30). The number of fused-ring (bicyclic) bond motifs is 1. The maximum atomic E-state index is 14.2. The molecular formula is C22H25F2N5OSSi. The molecule has 1 saturated carbocycles. The van der Waals surface area contributed by atoms with Crippen LogP contribution in [-0.4, -0.2) is 46.6 Å². The van der Waals surface area contributed by atoms with E-state index in [0.717, 1.165) is 28.0 Å². The summed E-state index contributed by atoms with van der Waals surface area (Å²) in [6, 6.07) is 1.68. The summed E-state index contributed by atoms with van der Waals surface area (Å²) in [6.45, 7) is 6.55. The number of rotatable bonds is 3. The smallest absolute Gasteiger partial charge is 0.280 e. The number of alkyl halides is 2. The van der Waals surface area contributed by atoms with Crippen molar-refractivity contribution in [2.45, 2.75) is 56.9 Å². The zero-order valence-corrected chi connectivity index (χ0v) is 20.0. The molecule has 10 heteroatoms. The van der Waals surface area contributed by atoms with Crippen LogP contribution in [0.3, 0.4) is 0 Å². The maximum absolute atomic E-state index is 14.2. The van der Waals surface area contributed by atoms with E-state index in [0.29, 0.717) is 18.5 Å². The molecular weight excluding hydrogens is 448 g/mol. The van der Waals surface area contributed by atoms with E-state index in [1.54, 1.807) is 16.1 Å².